The molecule has 0 radical (unpaired) electrons. The zero-order valence-corrected chi connectivity index (χ0v) is 22.9. The molecular formula is C32H36N8. The molecule has 0 amide bonds. The van der Waals surface area contributed by atoms with Crippen molar-refractivity contribution < 1.29 is 0 Å². The molecule has 204 valence electrons. The van der Waals surface area contributed by atoms with Gasteiger partial charge in [-0.15, -0.1) is 15.3 Å². The van der Waals surface area contributed by atoms with E-state index in [0.29, 0.717) is 17.7 Å². The van der Waals surface area contributed by atoms with Gasteiger partial charge in [0, 0.05) is 17.3 Å². The summed E-state index contributed by atoms with van der Waals surface area (Å²) in [5, 5.41) is 17.2. The van der Waals surface area contributed by atoms with Gasteiger partial charge in [-0.25, -0.2) is 0 Å². The van der Waals surface area contributed by atoms with Crippen LogP contribution in [-0.2, 0) is 25.7 Å². The maximum Gasteiger partial charge on any atom is 0.248 e. The number of aromatic nitrogens is 5. The van der Waals surface area contributed by atoms with Crippen molar-refractivity contribution in [3.63, 3.8) is 0 Å². The summed E-state index contributed by atoms with van der Waals surface area (Å²) in [7, 11) is 0. The van der Waals surface area contributed by atoms with Crippen LogP contribution in [0.2, 0.25) is 0 Å². The molecule has 1 saturated carbocycles. The van der Waals surface area contributed by atoms with Crippen molar-refractivity contribution in [1.29, 1.82) is 0 Å². The van der Waals surface area contributed by atoms with Gasteiger partial charge >= 0.3 is 0 Å². The molecule has 3 N–H and O–H groups in total. The van der Waals surface area contributed by atoms with Crippen molar-refractivity contribution in [1.82, 2.24) is 29.9 Å². The van der Waals surface area contributed by atoms with Gasteiger partial charge in [0.25, 0.3) is 0 Å². The minimum atomic E-state index is 0.297. The van der Waals surface area contributed by atoms with Crippen LogP contribution in [0.1, 0.15) is 54.4 Å². The second-order valence-electron chi connectivity index (χ2n) is 12.1. The van der Waals surface area contributed by atoms with Crippen LogP contribution in [0.3, 0.4) is 0 Å². The normalized spacial score (nSPS) is 23.6. The Morgan fingerprint density at radius 2 is 1.60 bits per heavy atom. The molecule has 1 saturated heterocycles. The van der Waals surface area contributed by atoms with E-state index in [-0.39, 0.29) is 0 Å². The lowest BCUT2D eigenvalue weighted by atomic mass is 9.93. The van der Waals surface area contributed by atoms with Gasteiger partial charge in [0.2, 0.25) is 11.9 Å². The molecule has 3 aliphatic carbocycles. The molecule has 8 heteroatoms. The zero-order valence-electron chi connectivity index (χ0n) is 22.9. The van der Waals surface area contributed by atoms with Crippen molar-refractivity contribution in [3.8, 4) is 17.1 Å². The Bertz CT molecular complexity index is 1570. The zero-order chi connectivity index (χ0) is 26.6. The van der Waals surface area contributed by atoms with E-state index in [4.69, 9.17) is 5.73 Å². The summed E-state index contributed by atoms with van der Waals surface area (Å²) in [5.74, 6) is 2.94. The Labute approximate surface area is 235 Å². The number of hydrogen-bond donors (Lipinski definition) is 2. The van der Waals surface area contributed by atoms with Gasteiger partial charge in [-0.3, -0.25) is 4.90 Å². The topological polar surface area (TPSA) is 97.8 Å². The van der Waals surface area contributed by atoms with Crippen LogP contribution in [0.15, 0.2) is 48.5 Å². The first-order valence-corrected chi connectivity index (χ1v) is 15.0. The van der Waals surface area contributed by atoms with Crippen molar-refractivity contribution in [2.45, 2.75) is 63.8 Å². The molecule has 3 atom stereocenters. The highest BCUT2D eigenvalue weighted by Gasteiger charge is 2.42. The minimum absolute atomic E-state index is 0.297. The van der Waals surface area contributed by atoms with Crippen molar-refractivity contribution >= 4 is 17.6 Å². The van der Waals surface area contributed by atoms with Crippen LogP contribution >= 0.6 is 0 Å². The molecule has 3 heterocycles. The van der Waals surface area contributed by atoms with Gasteiger partial charge in [0.05, 0.1) is 5.69 Å². The third-order valence-electron chi connectivity index (χ3n) is 9.74. The molecule has 2 aromatic heterocycles. The number of aryl methyl sites for hydroxylation is 2. The molecule has 4 aliphatic rings. The number of nitrogen functional groups attached to an aromatic ring is 1. The molecule has 2 fully saturated rings. The summed E-state index contributed by atoms with van der Waals surface area (Å²) in [6.45, 7) is 2.58. The van der Waals surface area contributed by atoms with Crippen LogP contribution in [-0.4, -0.2) is 49.0 Å². The maximum atomic E-state index is 6.34. The molecule has 0 spiro atoms. The van der Waals surface area contributed by atoms with Crippen LogP contribution in [0.5, 0.6) is 0 Å². The first-order chi connectivity index (χ1) is 19.7. The Morgan fingerprint density at radius 3 is 2.48 bits per heavy atom. The number of nitrogens with two attached hydrogens (primary N) is 1. The maximum absolute atomic E-state index is 6.34. The highest BCUT2D eigenvalue weighted by molar-refractivity contribution is 5.68. The van der Waals surface area contributed by atoms with Gasteiger partial charge in [-0.1, -0.05) is 30.3 Å². The number of benzene rings is 2. The van der Waals surface area contributed by atoms with E-state index in [1.54, 1.807) is 4.68 Å². The van der Waals surface area contributed by atoms with Gasteiger partial charge < -0.3 is 11.1 Å². The molecule has 1 aliphatic heterocycles. The van der Waals surface area contributed by atoms with E-state index in [9.17, 15) is 0 Å². The summed E-state index contributed by atoms with van der Waals surface area (Å²) >= 11 is 0. The monoisotopic (exact) mass is 532 g/mol. The predicted molar refractivity (Wildman–Crippen MR) is 157 cm³/mol. The fraction of sp³-hybridized carbons (Fsp3) is 0.438. The Morgan fingerprint density at radius 1 is 0.800 bits per heavy atom. The molecule has 40 heavy (non-hydrogen) atoms. The number of rotatable bonds is 4. The van der Waals surface area contributed by atoms with Crippen LogP contribution in [0.4, 0.5) is 17.6 Å². The van der Waals surface area contributed by atoms with E-state index >= 15 is 0 Å². The van der Waals surface area contributed by atoms with Crippen LogP contribution in [0.25, 0.3) is 17.1 Å². The summed E-state index contributed by atoms with van der Waals surface area (Å²) in [5.41, 5.74) is 15.0. The lowest BCUT2D eigenvalue weighted by molar-refractivity contribution is 0.159. The van der Waals surface area contributed by atoms with Gasteiger partial charge in [0.15, 0.2) is 5.82 Å². The molecule has 2 aromatic carbocycles. The molecule has 8 rings (SSSR count). The van der Waals surface area contributed by atoms with Crippen LogP contribution < -0.4 is 11.1 Å². The van der Waals surface area contributed by atoms with Crippen molar-refractivity contribution in [2.75, 3.05) is 24.1 Å². The SMILES string of the molecule is Nc1nc(Nc2ccc3c(c2)CC2CCC(C3)C2N2CCCC2)nn1-c1cc2c(nn1)-c1ccccc1CCC2. The van der Waals surface area contributed by atoms with Gasteiger partial charge in [-0.2, -0.15) is 9.67 Å². The number of anilines is 3. The van der Waals surface area contributed by atoms with E-state index < -0.39 is 0 Å². The quantitative estimate of drug-likeness (QED) is 0.376. The highest BCUT2D eigenvalue weighted by Crippen LogP contribution is 2.44. The average molecular weight is 533 g/mol. The summed E-state index contributed by atoms with van der Waals surface area (Å²) < 4.78 is 1.59. The molecule has 3 unspecified atom stereocenters. The largest absolute Gasteiger partial charge is 0.368 e. The third kappa shape index (κ3) is 4.17. The smallest absolute Gasteiger partial charge is 0.248 e. The Hall–Kier alpha value is -3.78. The molecular weight excluding hydrogens is 496 g/mol. The highest BCUT2D eigenvalue weighted by atomic mass is 15.4. The van der Waals surface area contributed by atoms with Gasteiger partial charge in [0.1, 0.15) is 0 Å². The standard InChI is InChI=1S/C32H36N8/c33-31-35-32(38-40(31)28-19-22-8-5-7-20-6-1-2-9-27(20)29(22)37-36-28)34-26-13-12-21-16-23-10-11-24(17-25(21)18-26)30(23)39-14-3-4-15-39/h1-2,6,9,12-13,18-19,23-24,30H,3-5,7-8,10-11,14-17H2,(H3,33,34,35,38). The van der Waals surface area contributed by atoms with E-state index in [1.807, 2.05) is 0 Å². The lowest BCUT2D eigenvalue weighted by Crippen LogP contribution is -2.40. The second-order valence-corrected chi connectivity index (χ2v) is 12.1. The number of hydrogen-bond acceptors (Lipinski definition) is 7. The number of fused-ring (bicyclic) bond motifs is 6. The first-order valence-electron chi connectivity index (χ1n) is 15.0. The van der Waals surface area contributed by atoms with Gasteiger partial charge in [-0.05, 0) is 123 Å². The minimum Gasteiger partial charge on any atom is -0.368 e. The summed E-state index contributed by atoms with van der Waals surface area (Å²) in [6.07, 6.45) is 10.9. The Balaban J connectivity index is 1.04. The lowest BCUT2D eigenvalue weighted by Gasteiger charge is -2.32. The molecule has 2 bridgehead atoms. The van der Waals surface area contributed by atoms with E-state index in [2.05, 4.69) is 79.0 Å². The van der Waals surface area contributed by atoms with Crippen LogP contribution in [0, 0.1) is 11.8 Å². The number of nitrogens with one attached hydrogen (secondary N) is 1. The van der Waals surface area contributed by atoms with E-state index in [1.165, 1.54) is 79.4 Å². The number of likely N-dealkylation sites (tertiary alicyclic amines) is 1. The van der Waals surface area contributed by atoms with E-state index in [0.717, 1.165) is 48.5 Å². The molecule has 4 aromatic rings. The second kappa shape index (κ2) is 9.70. The first kappa shape index (κ1) is 24.1. The third-order valence-corrected chi connectivity index (χ3v) is 9.74. The predicted octanol–water partition coefficient (Wildman–Crippen LogP) is 5.13. The summed E-state index contributed by atoms with van der Waals surface area (Å²) in [4.78, 5) is 7.33. The fourth-order valence-corrected chi connectivity index (χ4v) is 7.95. The Kier molecular flexibility index (Phi) is 5.83. The average Bonchev–Trinajstić information content (AvgIpc) is 3.65. The fourth-order valence-electron chi connectivity index (χ4n) is 7.95. The molecule has 8 nitrogen and oxygen atoms in total. The summed E-state index contributed by atoms with van der Waals surface area (Å²) in [6, 6.07) is 18.1. The van der Waals surface area contributed by atoms with Crippen molar-refractivity contribution in [2.24, 2.45) is 11.8 Å². The number of nitrogens with zero attached hydrogens (tertiary/aromatic N) is 6. The van der Waals surface area contributed by atoms with Crippen molar-refractivity contribution in [3.05, 3.63) is 70.8 Å².